The van der Waals surface area contributed by atoms with Crippen LogP contribution in [0.4, 0.5) is 9.52 Å². The molecule has 1 saturated heterocycles. The number of amides is 1. The predicted octanol–water partition coefficient (Wildman–Crippen LogP) is 5.86. The average molecular weight is 519 g/mol. The number of aromatic nitrogens is 1. The number of anilines is 1. The number of Topliss-reactive ketones (excluding diaryl/α,β-unsaturated/α-hetero) is 1. The van der Waals surface area contributed by atoms with Gasteiger partial charge in [-0.3, -0.25) is 14.5 Å². The molecule has 3 aromatic carbocycles. The van der Waals surface area contributed by atoms with Crippen molar-refractivity contribution in [2.45, 2.75) is 19.4 Å². The second-order valence-corrected chi connectivity index (χ2v) is 9.44. The van der Waals surface area contributed by atoms with Crippen LogP contribution in [-0.4, -0.2) is 35.5 Å². The van der Waals surface area contributed by atoms with E-state index >= 15 is 0 Å². The van der Waals surface area contributed by atoms with Gasteiger partial charge in [-0.2, -0.15) is 0 Å². The molecular formula is C28H23FN2O5S. The van der Waals surface area contributed by atoms with Gasteiger partial charge in [-0.05, 0) is 54.4 Å². The summed E-state index contributed by atoms with van der Waals surface area (Å²) >= 11 is 1.10. The number of aliphatic hydroxyl groups excluding tert-OH is 1. The number of thiazole rings is 1. The number of hydrogen-bond donors (Lipinski definition) is 1. The summed E-state index contributed by atoms with van der Waals surface area (Å²) in [6, 6.07) is 16.8. The predicted molar refractivity (Wildman–Crippen MR) is 140 cm³/mol. The average Bonchev–Trinajstić information content (AvgIpc) is 3.44. The minimum atomic E-state index is -0.961. The Morgan fingerprint density at radius 1 is 1.08 bits per heavy atom. The molecule has 0 bridgehead atoms. The van der Waals surface area contributed by atoms with E-state index in [1.165, 1.54) is 30.2 Å². The summed E-state index contributed by atoms with van der Waals surface area (Å²) in [6.07, 6.45) is 0.848. The monoisotopic (exact) mass is 518 g/mol. The van der Waals surface area contributed by atoms with Crippen molar-refractivity contribution in [1.29, 1.82) is 0 Å². The van der Waals surface area contributed by atoms with Gasteiger partial charge in [-0.1, -0.05) is 42.5 Å². The number of fused-ring (bicyclic) bond motifs is 1. The van der Waals surface area contributed by atoms with Crippen molar-refractivity contribution in [2.75, 3.05) is 18.6 Å². The second-order valence-electron chi connectivity index (χ2n) is 8.43. The smallest absolute Gasteiger partial charge is 0.301 e. The Kier molecular flexibility index (Phi) is 6.62. The highest BCUT2D eigenvalue weighted by Gasteiger charge is 2.48. The van der Waals surface area contributed by atoms with Gasteiger partial charge in [0.15, 0.2) is 5.13 Å². The fraction of sp³-hybridized carbons (Fsp3) is 0.179. The van der Waals surface area contributed by atoms with Gasteiger partial charge in [-0.25, -0.2) is 9.37 Å². The molecule has 188 valence electrons. The molecule has 2 heterocycles. The summed E-state index contributed by atoms with van der Waals surface area (Å²) in [6.45, 7) is 2.56. The molecule has 1 atom stereocenters. The number of carbonyl (C=O) groups excluding carboxylic acids is 2. The summed E-state index contributed by atoms with van der Waals surface area (Å²) in [5, 5.41) is 11.5. The zero-order chi connectivity index (χ0) is 26.1. The Morgan fingerprint density at radius 3 is 2.59 bits per heavy atom. The first-order valence-electron chi connectivity index (χ1n) is 11.7. The number of carbonyl (C=O) groups is 2. The molecule has 1 amide bonds. The van der Waals surface area contributed by atoms with Crippen molar-refractivity contribution in [1.82, 2.24) is 4.98 Å². The molecule has 1 aliphatic heterocycles. The summed E-state index contributed by atoms with van der Waals surface area (Å²) in [4.78, 5) is 32.5. The highest BCUT2D eigenvalue weighted by molar-refractivity contribution is 7.22. The molecule has 1 aliphatic rings. The van der Waals surface area contributed by atoms with Crippen molar-refractivity contribution < 1.29 is 28.6 Å². The fourth-order valence-corrected chi connectivity index (χ4v) is 5.24. The van der Waals surface area contributed by atoms with E-state index in [0.717, 1.165) is 17.8 Å². The van der Waals surface area contributed by atoms with Gasteiger partial charge >= 0.3 is 5.91 Å². The third-order valence-corrected chi connectivity index (χ3v) is 7.02. The second kappa shape index (κ2) is 10.0. The summed E-state index contributed by atoms with van der Waals surface area (Å²) in [5.41, 5.74) is 1.33. The van der Waals surface area contributed by atoms with Crippen LogP contribution in [0.15, 0.2) is 72.3 Å². The van der Waals surface area contributed by atoms with E-state index in [1.54, 1.807) is 48.5 Å². The van der Waals surface area contributed by atoms with Crippen LogP contribution in [0.2, 0.25) is 0 Å². The summed E-state index contributed by atoms with van der Waals surface area (Å²) in [7, 11) is 1.50. The summed E-state index contributed by atoms with van der Waals surface area (Å²) < 4.78 is 25.3. The van der Waals surface area contributed by atoms with E-state index in [1.807, 2.05) is 6.92 Å². The summed E-state index contributed by atoms with van der Waals surface area (Å²) in [5.74, 6) is -1.31. The van der Waals surface area contributed by atoms with E-state index in [0.29, 0.717) is 39.4 Å². The van der Waals surface area contributed by atoms with Gasteiger partial charge in [0.1, 0.15) is 23.1 Å². The van der Waals surface area contributed by atoms with Crippen molar-refractivity contribution in [3.63, 3.8) is 0 Å². The van der Waals surface area contributed by atoms with Crippen molar-refractivity contribution >= 4 is 44.1 Å². The molecule has 1 aromatic heterocycles. The van der Waals surface area contributed by atoms with Crippen LogP contribution >= 0.6 is 11.3 Å². The number of ketones is 1. The largest absolute Gasteiger partial charge is 0.507 e. The topological polar surface area (TPSA) is 89.0 Å². The van der Waals surface area contributed by atoms with Gasteiger partial charge in [0.2, 0.25) is 0 Å². The lowest BCUT2D eigenvalue weighted by atomic mass is 9.95. The quantitative estimate of drug-likeness (QED) is 0.187. The zero-order valence-corrected chi connectivity index (χ0v) is 20.9. The van der Waals surface area contributed by atoms with Crippen LogP contribution < -0.4 is 14.4 Å². The van der Waals surface area contributed by atoms with E-state index < -0.39 is 23.5 Å². The maximum atomic E-state index is 13.8. The first-order valence-corrected chi connectivity index (χ1v) is 12.5. The van der Waals surface area contributed by atoms with Crippen molar-refractivity contribution in [2.24, 2.45) is 0 Å². The molecule has 1 fully saturated rings. The highest BCUT2D eigenvalue weighted by Crippen LogP contribution is 2.44. The van der Waals surface area contributed by atoms with Crippen LogP contribution in [-0.2, 0) is 9.59 Å². The van der Waals surface area contributed by atoms with E-state index in [4.69, 9.17) is 9.47 Å². The maximum absolute atomic E-state index is 13.8. The van der Waals surface area contributed by atoms with Crippen molar-refractivity contribution in [3.8, 4) is 11.5 Å². The Bertz CT molecular complexity index is 1530. The van der Waals surface area contributed by atoms with Gasteiger partial charge in [0, 0.05) is 5.56 Å². The molecule has 0 saturated carbocycles. The number of benzene rings is 3. The number of ether oxygens (including phenoxy) is 2. The molecule has 37 heavy (non-hydrogen) atoms. The Balaban J connectivity index is 1.68. The minimum Gasteiger partial charge on any atom is -0.507 e. The van der Waals surface area contributed by atoms with Crippen LogP contribution in [0.5, 0.6) is 11.5 Å². The molecule has 0 radical (unpaired) electrons. The first-order chi connectivity index (χ1) is 17.9. The number of halogens is 1. The highest BCUT2D eigenvalue weighted by atomic mass is 32.1. The third kappa shape index (κ3) is 4.53. The van der Waals surface area contributed by atoms with E-state index in [-0.39, 0.29) is 16.5 Å². The standard InChI is InChI=1S/C28H23FN2O5S/c1-3-13-36-19-10-7-16(8-11-19)24-23(25(32)17-5-4-6-20(14-17)35-2)26(33)27(34)31(24)28-30-21-12-9-18(29)15-22(21)37-28/h4-12,14-15,24,32H,3,13H2,1-2H3/b25-23+. The molecule has 0 spiro atoms. The van der Waals surface area contributed by atoms with Gasteiger partial charge in [0.05, 0.1) is 35.5 Å². The fourth-order valence-electron chi connectivity index (χ4n) is 4.23. The van der Waals surface area contributed by atoms with E-state index in [9.17, 15) is 19.1 Å². The minimum absolute atomic E-state index is 0.0779. The number of rotatable bonds is 7. The molecule has 0 aliphatic carbocycles. The number of methoxy groups -OCH3 is 1. The lowest BCUT2D eigenvalue weighted by Gasteiger charge is -2.23. The van der Waals surface area contributed by atoms with Gasteiger partial charge < -0.3 is 14.6 Å². The van der Waals surface area contributed by atoms with Crippen molar-refractivity contribution in [3.05, 3.63) is 89.2 Å². The van der Waals surface area contributed by atoms with Crippen LogP contribution in [0.1, 0.15) is 30.5 Å². The Labute approximate surface area is 216 Å². The zero-order valence-electron chi connectivity index (χ0n) is 20.1. The van der Waals surface area contributed by atoms with Crippen LogP contribution in [0, 0.1) is 5.82 Å². The normalized spacial score (nSPS) is 16.9. The van der Waals surface area contributed by atoms with Crippen LogP contribution in [0.25, 0.3) is 16.0 Å². The van der Waals surface area contributed by atoms with Gasteiger partial charge in [0.25, 0.3) is 5.78 Å². The lowest BCUT2D eigenvalue weighted by Crippen LogP contribution is -2.29. The lowest BCUT2D eigenvalue weighted by molar-refractivity contribution is -0.132. The Morgan fingerprint density at radius 2 is 1.86 bits per heavy atom. The van der Waals surface area contributed by atoms with Gasteiger partial charge in [-0.15, -0.1) is 0 Å². The molecular weight excluding hydrogens is 495 g/mol. The maximum Gasteiger partial charge on any atom is 0.301 e. The molecule has 1 N–H and O–H groups in total. The molecule has 5 rings (SSSR count). The number of hydrogen-bond acceptors (Lipinski definition) is 7. The van der Waals surface area contributed by atoms with E-state index in [2.05, 4.69) is 4.98 Å². The molecule has 7 nitrogen and oxygen atoms in total. The molecule has 1 unspecified atom stereocenters. The molecule has 9 heteroatoms. The SMILES string of the molecule is CCCOc1ccc(C2/C(=C(\O)c3cccc(OC)c3)C(=O)C(=O)N2c2nc3ccc(F)cc3s2)cc1. The number of aliphatic hydroxyl groups is 1. The number of nitrogens with zero attached hydrogens (tertiary/aromatic N) is 2. The van der Waals surface area contributed by atoms with Crippen LogP contribution in [0.3, 0.4) is 0 Å². The first kappa shape index (κ1) is 24.5. The third-order valence-electron chi connectivity index (χ3n) is 6.00. The Hall–Kier alpha value is -4.24. The molecule has 4 aromatic rings.